The quantitative estimate of drug-likeness (QED) is 0.480. The van der Waals surface area contributed by atoms with Gasteiger partial charge in [-0.25, -0.2) is 9.97 Å². The lowest BCUT2D eigenvalue weighted by molar-refractivity contribution is 1.06. The summed E-state index contributed by atoms with van der Waals surface area (Å²) >= 11 is 0. The van der Waals surface area contributed by atoms with Gasteiger partial charge >= 0.3 is 0 Å². The molecule has 0 aliphatic rings. The topological polar surface area (TPSA) is 49.6 Å². The van der Waals surface area contributed by atoms with Crippen LogP contribution < -0.4 is 0 Å². The second-order valence-corrected chi connectivity index (χ2v) is 6.33. The summed E-state index contributed by atoms with van der Waals surface area (Å²) in [5.41, 5.74) is 6.63. The molecular weight excluding hydrogens is 330 g/mol. The van der Waals surface area contributed by atoms with Crippen LogP contribution in [0.2, 0.25) is 0 Å². The van der Waals surface area contributed by atoms with Gasteiger partial charge in [0.2, 0.25) is 0 Å². The number of aryl methyl sites for hydroxylation is 1. The molecule has 0 atom stereocenters. The predicted octanol–water partition coefficient (Wildman–Crippen LogP) is 5.66. The molecular formula is C24H17N3. The third kappa shape index (κ3) is 3.61. The standard InChI is InChI=1S/C24H17N3/c1-17-26-23(19-8-3-2-4-9-19)15-24(27-17)22-12-6-11-21(14-22)20-10-5-7-18(13-20)16-25/h2-15H,1H3. The molecule has 4 aromatic rings. The van der Waals surface area contributed by atoms with Crippen molar-refractivity contribution < 1.29 is 0 Å². The number of benzene rings is 3. The average Bonchev–Trinajstić information content (AvgIpc) is 2.74. The fraction of sp³-hybridized carbons (Fsp3) is 0.0417. The van der Waals surface area contributed by atoms with E-state index in [0.29, 0.717) is 5.56 Å². The summed E-state index contributed by atoms with van der Waals surface area (Å²) in [6.45, 7) is 1.91. The van der Waals surface area contributed by atoms with Crippen LogP contribution in [0, 0.1) is 18.3 Å². The number of hydrogen-bond acceptors (Lipinski definition) is 3. The van der Waals surface area contributed by atoms with E-state index in [1.54, 1.807) is 0 Å². The third-order valence-corrected chi connectivity index (χ3v) is 4.39. The number of nitrogens with zero attached hydrogens (tertiary/aromatic N) is 3. The summed E-state index contributed by atoms with van der Waals surface area (Å²) in [6, 6.07) is 30.2. The molecule has 0 saturated heterocycles. The average molecular weight is 347 g/mol. The van der Waals surface area contributed by atoms with E-state index in [1.165, 1.54) is 0 Å². The number of aromatic nitrogens is 2. The molecule has 0 saturated carbocycles. The number of rotatable bonds is 3. The molecule has 128 valence electrons. The molecule has 0 radical (unpaired) electrons. The first-order chi connectivity index (χ1) is 13.2. The molecule has 3 heteroatoms. The molecule has 0 amide bonds. The lowest BCUT2D eigenvalue weighted by Crippen LogP contribution is -1.94. The molecule has 27 heavy (non-hydrogen) atoms. The van der Waals surface area contributed by atoms with Crippen LogP contribution in [0.1, 0.15) is 11.4 Å². The molecule has 0 bridgehead atoms. The van der Waals surface area contributed by atoms with Gasteiger partial charge in [-0.1, -0.05) is 60.7 Å². The van der Waals surface area contributed by atoms with Crippen molar-refractivity contribution in [2.45, 2.75) is 6.92 Å². The summed E-state index contributed by atoms with van der Waals surface area (Å²) in [7, 11) is 0. The van der Waals surface area contributed by atoms with E-state index in [2.05, 4.69) is 34.2 Å². The van der Waals surface area contributed by atoms with Gasteiger partial charge in [-0.05, 0) is 42.3 Å². The summed E-state index contributed by atoms with van der Waals surface area (Å²) in [5.74, 6) is 0.739. The van der Waals surface area contributed by atoms with Crippen molar-refractivity contribution in [1.82, 2.24) is 9.97 Å². The van der Waals surface area contributed by atoms with Crippen molar-refractivity contribution in [1.29, 1.82) is 5.26 Å². The lowest BCUT2D eigenvalue weighted by atomic mass is 9.99. The smallest absolute Gasteiger partial charge is 0.126 e. The van der Waals surface area contributed by atoms with Gasteiger partial charge in [-0.3, -0.25) is 0 Å². The molecule has 0 aliphatic heterocycles. The Bertz CT molecular complexity index is 1140. The zero-order chi connectivity index (χ0) is 18.6. The molecule has 0 aliphatic carbocycles. The van der Waals surface area contributed by atoms with Gasteiger partial charge in [-0.2, -0.15) is 5.26 Å². The van der Waals surface area contributed by atoms with Crippen LogP contribution in [-0.2, 0) is 0 Å². The Kier molecular flexibility index (Phi) is 4.47. The molecule has 0 fully saturated rings. The number of nitriles is 1. The minimum absolute atomic E-state index is 0.655. The van der Waals surface area contributed by atoms with E-state index < -0.39 is 0 Å². The van der Waals surface area contributed by atoms with E-state index >= 15 is 0 Å². The van der Waals surface area contributed by atoms with Gasteiger partial charge in [0, 0.05) is 11.1 Å². The van der Waals surface area contributed by atoms with Gasteiger partial charge < -0.3 is 0 Å². The minimum atomic E-state index is 0.655. The van der Waals surface area contributed by atoms with Gasteiger partial charge in [-0.15, -0.1) is 0 Å². The maximum atomic E-state index is 9.14. The second kappa shape index (κ2) is 7.23. The van der Waals surface area contributed by atoms with E-state index in [-0.39, 0.29) is 0 Å². The zero-order valence-corrected chi connectivity index (χ0v) is 14.9. The first kappa shape index (κ1) is 16.7. The van der Waals surface area contributed by atoms with Crippen molar-refractivity contribution >= 4 is 0 Å². The van der Waals surface area contributed by atoms with Crippen LogP contribution >= 0.6 is 0 Å². The van der Waals surface area contributed by atoms with Crippen LogP contribution in [0.3, 0.4) is 0 Å². The van der Waals surface area contributed by atoms with Crippen molar-refractivity contribution in [3.63, 3.8) is 0 Å². The molecule has 3 nitrogen and oxygen atoms in total. The fourth-order valence-electron chi connectivity index (χ4n) is 3.10. The van der Waals surface area contributed by atoms with Gasteiger partial charge in [0.15, 0.2) is 0 Å². The Hall–Kier alpha value is -3.77. The first-order valence-corrected chi connectivity index (χ1v) is 8.75. The predicted molar refractivity (Wildman–Crippen MR) is 108 cm³/mol. The Morgan fingerprint density at radius 1 is 0.630 bits per heavy atom. The highest BCUT2D eigenvalue weighted by Crippen LogP contribution is 2.28. The third-order valence-electron chi connectivity index (χ3n) is 4.39. The largest absolute Gasteiger partial charge is 0.233 e. The van der Waals surface area contributed by atoms with Gasteiger partial charge in [0.05, 0.1) is 23.0 Å². The molecule has 0 spiro atoms. The molecule has 0 unspecified atom stereocenters. The summed E-state index contributed by atoms with van der Waals surface area (Å²) in [4.78, 5) is 9.22. The molecule has 1 heterocycles. The van der Waals surface area contributed by atoms with Crippen molar-refractivity contribution in [3.05, 3.63) is 96.3 Å². The monoisotopic (exact) mass is 347 g/mol. The zero-order valence-electron chi connectivity index (χ0n) is 14.9. The van der Waals surface area contributed by atoms with E-state index in [0.717, 1.165) is 39.5 Å². The van der Waals surface area contributed by atoms with Crippen molar-refractivity contribution in [2.24, 2.45) is 0 Å². The molecule has 1 aromatic heterocycles. The van der Waals surface area contributed by atoms with Crippen LogP contribution in [0.15, 0.2) is 84.9 Å². The second-order valence-electron chi connectivity index (χ2n) is 6.33. The van der Waals surface area contributed by atoms with Crippen molar-refractivity contribution in [2.75, 3.05) is 0 Å². The maximum Gasteiger partial charge on any atom is 0.126 e. The summed E-state index contributed by atoms with van der Waals surface area (Å²) < 4.78 is 0. The molecule has 0 N–H and O–H groups in total. The van der Waals surface area contributed by atoms with E-state index in [4.69, 9.17) is 5.26 Å². The van der Waals surface area contributed by atoms with Crippen LogP contribution in [0.5, 0.6) is 0 Å². The summed E-state index contributed by atoms with van der Waals surface area (Å²) in [6.07, 6.45) is 0. The highest BCUT2D eigenvalue weighted by atomic mass is 14.9. The number of hydrogen-bond donors (Lipinski definition) is 0. The molecule has 4 rings (SSSR count). The van der Waals surface area contributed by atoms with Gasteiger partial charge in [0.1, 0.15) is 5.82 Å². The normalized spacial score (nSPS) is 10.4. The van der Waals surface area contributed by atoms with Gasteiger partial charge in [0.25, 0.3) is 0 Å². The Balaban J connectivity index is 1.78. The highest BCUT2D eigenvalue weighted by molar-refractivity contribution is 5.74. The fourth-order valence-corrected chi connectivity index (χ4v) is 3.10. The lowest BCUT2D eigenvalue weighted by Gasteiger charge is -2.09. The van der Waals surface area contributed by atoms with E-state index in [9.17, 15) is 0 Å². The Labute approximate surface area is 158 Å². The SMILES string of the molecule is Cc1nc(-c2ccccc2)cc(-c2cccc(-c3cccc(C#N)c3)c2)n1. The Morgan fingerprint density at radius 2 is 1.22 bits per heavy atom. The molecule has 3 aromatic carbocycles. The maximum absolute atomic E-state index is 9.14. The highest BCUT2D eigenvalue weighted by Gasteiger charge is 2.08. The van der Waals surface area contributed by atoms with Crippen LogP contribution in [-0.4, -0.2) is 9.97 Å². The summed E-state index contributed by atoms with van der Waals surface area (Å²) in [5, 5.41) is 9.14. The van der Waals surface area contributed by atoms with E-state index in [1.807, 2.05) is 73.7 Å². The first-order valence-electron chi connectivity index (χ1n) is 8.75. The Morgan fingerprint density at radius 3 is 1.96 bits per heavy atom. The van der Waals surface area contributed by atoms with Crippen LogP contribution in [0.4, 0.5) is 0 Å². The van der Waals surface area contributed by atoms with Crippen molar-refractivity contribution in [3.8, 4) is 39.7 Å². The minimum Gasteiger partial charge on any atom is -0.233 e. The van der Waals surface area contributed by atoms with Crippen LogP contribution in [0.25, 0.3) is 33.6 Å².